The summed E-state index contributed by atoms with van der Waals surface area (Å²) in [7, 11) is 0. The number of nitrogens with zero attached hydrogens (tertiary/aromatic N) is 1. The number of nitrogens with two attached hydrogens (primary N) is 1. The Morgan fingerprint density at radius 1 is 1.37 bits per heavy atom. The minimum absolute atomic E-state index is 0.186. The molecule has 0 aromatic rings. The van der Waals surface area contributed by atoms with E-state index in [-0.39, 0.29) is 6.10 Å². The average molecular weight is 270 g/mol. The molecule has 0 aromatic heterocycles. The molecule has 2 aliphatic heterocycles. The van der Waals surface area contributed by atoms with Crippen LogP contribution in [0, 0.1) is 0 Å². The van der Waals surface area contributed by atoms with E-state index in [0.29, 0.717) is 25.2 Å². The Kier molecular flexibility index (Phi) is 5.23. The smallest absolute Gasteiger partial charge is 0.167 e. The molecular formula is C15H30N2O2. The molecule has 0 aromatic carbocycles. The highest BCUT2D eigenvalue weighted by Gasteiger charge is 2.40. The Hall–Kier alpha value is -0.160. The van der Waals surface area contributed by atoms with Gasteiger partial charge in [-0.25, -0.2) is 0 Å². The molecule has 4 nitrogen and oxygen atoms in total. The Morgan fingerprint density at radius 3 is 2.84 bits per heavy atom. The fourth-order valence-electron chi connectivity index (χ4n) is 3.47. The van der Waals surface area contributed by atoms with Crippen LogP contribution < -0.4 is 5.73 Å². The van der Waals surface area contributed by atoms with E-state index in [2.05, 4.69) is 25.7 Å². The average Bonchev–Trinajstić information content (AvgIpc) is 2.71. The summed E-state index contributed by atoms with van der Waals surface area (Å²) < 4.78 is 12.0. The van der Waals surface area contributed by atoms with Gasteiger partial charge in [-0.2, -0.15) is 0 Å². The molecule has 2 heterocycles. The highest BCUT2D eigenvalue weighted by atomic mass is 16.7. The molecule has 2 rings (SSSR count). The summed E-state index contributed by atoms with van der Waals surface area (Å²) in [5, 5.41) is 0. The first kappa shape index (κ1) is 15.2. The van der Waals surface area contributed by atoms with Gasteiger partial charge in [0.05, 0.1) is 12.7 Å². The topological polar surface area (TPSA) is 47.7 Å². The molecule has 2 fully saturated rings. The van der Waals surface area contributed by atoms with Gasteiger partial charge in [0.1, 0.15) is 0 Å². The lowest BCUT2D eigenvalue weighted by Gasteiger charge is -2.41. The molecule has 0 spiro atoms. The van der Waals surface area contributed by atoms with E-state index >= 15 is 0 Å². The molecule has 2 aliphatic rings. The summed E-state index contributed by atoms with van der Waals surface area (Å²) in [5.41, 5.74) is 5.60. The van der Waals surface area contributed by atoms with Crippen molar-refractivity contribution in [2.24, 2.45) is 5.73 Å². The summed E-state index contributed by atoms with van der Waals surface area (Å²) in [6.45, 7) is 9.25. The minimum atomic E-state index is -0.408. The number of likely N-dealkylation sites (tertiary alicyclic amines) is 1. The zero-order valence-corrected chi connectivity index (χ0v) is 12.7. The van der Waals surface area contributed by atoms with Gasteiger partial charge in [0.15, 0.2) is 5.79 Å². The predicted molar refractivity (Wildman–Crippen MR) is 77.0 cm³/mol. The largest absolute Gasteiger partial charge is 0.347 e. The van der Waals surface area contributed by atoms with Gasteiger partial charge in [-0.15, -0.1) is 0 Å². The predicted octanol–water partition coefficient (Wildman–Crippen LogP) is 2.12. The number of hydrogen-bond donors (Lipinski definition) is 1. The van der Waals surface area contributed by atoms with Crippen molar-refractivity contribution >= 4 is 0 Å². The summed E-state index contributed by atoms with van der Waals surface area (Å²) in [6.07, 6.45) is 5.98. The second-order valence-electron chi connectivity index (χ2n) is 6.45. The second kappa shape index (κ2) is 6.53. The summed E-state index contributed by atoms with van der Waals surface area (Å²) >= 11 is 0. The first-order chi connectivity index (χ1) is 9.04. The maximum absolute atomic E-state index is 6.09. The van der Waals surface area contributed by atoms with Crippen LogP contribution >= 0.6 is 0 Å². The van der Waals surface area contributed by atoms with Crippen molar-refractivity contribution in [2.75, 3.05) is 19.7 Å². The molecule has 19 heavy (non-hydrogen) atoms. The Balaban J connectivity index is 1.91. The van der Waals surface area contributed by atoms with E-state index < -0.39 is 5.79 Å². The van der Waals surface area contributed by atoms with Gasteiger partial charge in [0.2, 0.25) is 0 Å². The van der Waals surface area contributed by atoms with Gasteiger partial charge in [-0.1, -0.05) is 6.42 Å². The lowest BCUT2D eigenvalue weighted by atomic mass is 9.94. The van der Waals surface area contributed by atoms with Crippen LogP contribution in [0.2, 0.25) is 0 Å². The van der Waals surface area contributed by atoms with Crippen LogP contribution in [0.3, 0.4) is 0 Å². The second-order valence-corrected chi connectivity index (χ2v) is 6.45. The third-order valence-corrected chi connectivity index (χ3v) is 4.42. The number of piperidine rings is 1. The maximum atomic E-state index is 6.09. The van der Waals surface area contributed by atoms with Crippen LogP contribution in [0.1, 0.15) is 52.9 Å². The van der Waals surface area contributed by atoms with Gasteiger partial charge in [0.25, 0.3) is 0 Å². The van der Waals surface area contributed by atoms with Crippen molar-refractivity contribution in [1.82, 2.24) is 4.90 Å². The Labute approximate surface area is 117 Å². The summed E-state index contributed by atoms with van der Waals surface area (Å²) in [4.78, 5) is 2.61. The molecule has 0 saturated carbocycles. The highest BCUT2D eigenvalue weighted by molar-refractivity contribution is 4.86. The van der Waals surface area contributed by atoms with Gasteiger partial charge in [-0.05, 0) is 53.1 Å². The first-order valence-electron chi connectivity index (χ1n) is 7.81. The van der Waals surface area contributed by atoms with Crippen LogP contribution in [0.15, 0.2) is 0 Å². The van der Waals surface area contributed by atoms with Crippen molar-refractivity contribution in [3.63, 3.8) is 0 Å². The number of rotatable bonds is 5. The molecule has 0 bridgehead atoms. The summed E-state index contributed by atoms with van der Waals surface area (Å²) in [6, 6.07) is 1.20. The number of ether oxygens (including phenoxy) is 2. The zero-order chi connectivity index (χ0) is 13.9. The standard InChI is InChI=1S/C15H30N2O2/c1-12(2)17-9-5-4-6-13(17)10-15(3)18-11-14(19-15)7-8-16/h12-14H,4-11,16H2,1-3H3. The van der Waals surface area contributed by atoms with Gasteiger partial charge < -0.3 is 15.2 Å². The molecule has 0 amide bonds. The van der Waals surface area contributed by atoms with Crippen molar-refractivity contribution in [3.05, 3.63) is 0 Å². The Morgan fingerprint density at radius 2 is 2.16 bits per heavy atom. The summed E-state index contributed by atoms with van der Waals surface area (Å²) in [5.74, 6) is -0.408. The highest BCUT2D eigenvalue weighted by Crippen LogP contribution is 2.33. The van der Waals surface area contributed by atoms with Crippen molar-refractivity contribution in [1.29, 1.82) is 0 Å². The van der Waals surface area contributed by atoms with Crippen molar-refractivity contribution < 1.29 is 9.47 Å². The molecule has 3 unspecified atom stereocenters. The van der Waals surface area contributed by atoms with Crippen LogP contribution in [0.4, 0.5) is 0 Å². The van der Waals surface area contributed by atoms with E-state index in [4.69, 9.17) is 15.2 Å². The van der Waals surface area contributed by atoms with E-state index in [1.54, 1.807) is 0 Å². The van der Waals surface area contributed by atoms with Gasteiger partial charge in [-0.3, -0.25) is 4.90 Å². The molecule has 0 aliphatic carbocycles. The van der Waals surface area contributed by atoms with Crippen molar-refractivity contribution in [2.45, 2.75) is 76.9 Å². The molecule has 2 saturated heterocycles. The van der Waals surface area contributed by atoms with E-state index in [1.807, 2.05) is 0 Å². The quantitative estimate of drug-likeness (QED) is 0.831. The third-order valence-electron chi connectivity index (χ3n) is 4.42. The fraction of sp³-hybridized carbons (Fsp3) is 1.00. The maximum Gasteiger partial charge on any atom is 0.167 e. The van der Waals surface area contributed by atoms with Crippen LogP contribution in [0.25, 0.3) is 0 Å². The van der Waals surface area contributed by atoms with E-state index in [1.165, 1.54) is 25.8 Å². The van der Waals surface area contributed by atoms with Crippen LogP contribution in [-0.2, 0) is 9.47 Å². The first-order valence-corrected chi connectivity index (χ1v) is 7.81. The van der Waals surface area contributed by atoms with Crippen LogP contribution in [0.5, 0.6) is 0 Å². The molecule has 2 N–H and O–H groups in total. The third kappa shape index (κ3) is 3.91. The van der Waals surface area contributed by atoms with Crippen LogP contribution in [-0.4, -0.2) is 48.6 Å². The van der Waals surface area contributed by atoms with Crippen molar-refractivity contribution in [3.8, 4) is 0 Å². The molecule has 0 radical (unpaired) electrons. The SMILES string of the molecule is CC(C)N1CCCCC1CC1(C)OCC(CCN)O1. The normalized spacial score (nSPS) is 37.1. The zero-order valence-electron chi connectivity index (χ0n) is 12.7. The molecule has 4 heteroatoms. The van der Waals surface area contributed by atoms with Gasteiger partial charge in [0, 0.05) is 18.5 Å². The monoisotopic (exact) mass is 270 g/mol. The van der Waals surface area contributed by atoms with Gasteiger partial charge >= 0.3 is 0 Å². The minimum Gasteiger partial charge on any atom is -0.347 e. The lowest BCUT2D eigenvalue weighted by molar-refractivity contribution is -0.171. The molecule has 112 valence electrons. The molecular weight excluding hydrogens is 240 g/mol. The van der Waals surface area contributed by atoms with E-state index in [0.717, 1.165) is 12.8 Å². The lowest BCUT2D eigenvalue weighted by Crippen LogP contribution is -2.47. The molecule has 3 atom stereocenters. The Bertz CT molecular complexity index is 285. The number of hydrogen-bond acceptors (Lipinski definition) is 4. The fourth-order valence-corrected chi connectivity index (χ4v) is 3.47. The van der Waals surface area contributed by atoms with E-state index in [9.17, 15) is 0 Å².